The number of hydrogen-bond donors (Lipinski definition) is 1. The first-order valence-corrected chi connectivity index (χ1v) is 9.55. The summed E-state index contributed by atoms with van der Waals surface area (Å²) in [6.45, 7) is 6.44. The van der Waals surface area contributed by atoms with Crippen LogP contribution in [-0.2, 0) is 19.1 Å². The van der Waals surface area contributed by atoms with Gasteiger partial charge in [-0.15, -0.1) is 0 Å². The fraction of sp³-hybridized carbons (Fsp3) is 0.842. The molecule has 0 aromatic heterocycles. The van der Waals surface area contributed by atoms with Crippen molar-refractivity contribution in [1.82, 2.24) is 10.2 Å². The second kappa shape index (κ2) is 6.61. The predicted molar refractivity (Wildman–Crippen MR) is 92.5 cm³/mol. The normalized spacial score (nSPS) is 35.3. The van der Waals surface area contributed by atoms with Crippen LogP contribution in [-0.4, -0.2) is 47.9 Å². The lowest BCUT2D eigenvalue weighted by molar-refractivity contribution is -0.178. The van der Waals surface area contributed by atoms with Gasteiger partial charge < -0.3 is 15.0 Å². The van der Waals surface area contributed by atoms with Gasteiger partial charge >= 0.3 is 5.97 Å². The zero-order valence-corrected chi connectivity index (χ0v) is 15.6. The van der Waals surface area contributed by atoms with Crippen molar-refractivity contribution >= 4 is 17.8 Å². The van der Waals surface area contributed by atoms with Crippen molar-refractivity contribution in [3.05, 3.63) is 0 Å². The highest BCUT2D eigenvalue weighted by atomic mass is 16.5. The number of amides is 2. The van der Waals surface area contributed by atoms with Crippen LogP contribution in [0.2, 0.25) is 0 Å². The average Bonchev–Trinajstić information content (AvgIpc) is 2.51. The monoisotopic (exact) mass is 350 g/mol. The molecule has 0 aromatic rings. The molecule has 4 aliphatic rings. The number of nitrogens with one attached hydrogen (secondary N) is 1. The maximum absolute atomic E-state index is 12.9. The maximum atomic E-state index is 12.9. The molecular formula is C19H30N2O4. The Balaban J connectivity index is 1.69. The van der Waals surface area contributed by atoms with Crippen molar-refractivity contribution in [3.8, 4) is 0 Å². The molecule has 6 nitrogen and oxygen atoms in total. The van der Waals surface area contributed by atoms with E-state index in [1.807, 2.05) is 13.8 Å². The standard InChI is InChI=1S/C19H30N2O4/c1-4-21(5-2)16(23)11-25-17(24)18-7-14-6-15(8-18)10-19(9-14,12-18)20-13(3)22/h14-15H,4-12H2,1-3H3,(H,20,22)/t14-,15-,18?,19?/m1/s1. The molecule has 0 radical (unpaired) electrons. The average molecular weight is 350 g/mol. The number of carbonyl (C=O) groups excluding carboxylic acids is 3. The van der Waals surface area contributed by atoms with Gasteiger partial charge in [0.2, 0.25) is 5.91 Å². The molecule has 0 aromatic carbocycles. The molecule has 1 N–H and O–H groups in total. The van der Waals surface area contributed by atoms with E-state index < -0.39 is 5.41 Å². The van der Waals surface area contributed by atoms with Gasteiger partial charge in [0.05, 0.1) is 5.41 Å². The van der Waals surface area contributed by atoms with Crippen molar-refractivity contribution in [3.63, 3.8) is 0 Å². The molecule has 4 saturated carbocycles. The smallest absolute Gasteiger partial charge is 0.312 e. The molecule has 4 aliphatic carbocycles. The van der Waals surface area contributed by atoms with Gasteiger partial charge in [-0.05, 0) is 64.2 Å². The summed E-state index contributed by atoms with van der Waals surface area (Å²) in [5, 5.41) is 3.15. The molecule has 0 unspecified atom stereocenters. The summed E-state index contributed by atoms with van der Waals surface area (Å²) in [7, 11) is 0. The van der Waals surface area contributed by atoms with Crippen molar-refractivity contribution in [2.45, 2.75) is 64.8 Å². The lowest BCUT2D eigenvalue weighted by atomic mass is 9.47. The van der Waals surface area contributed by atoms with Crippen molar-refractivity contribution < 1.29 is 19.1 Å². The van der Waals surface area contributed by atoms with Crippen molar-refractivity contribution in [2.24, 2.45) is 17.3 Å². The molecule has 4 bridgehead atoms. The highest BCUT2D eigenvalue weighted by Gasteiger charge is 2.61. The van der Waals surface area contributed by atoms with Crippen molar-refractivity contribution in [2.75, 3.05) is 19.7 Å². The van der Waals surface area contributed by atoms with Gasteiger partial charge in [0.25, 0.3) is 5.91 Å². The van der Waals surface area contributed by atoms with E-state index in [9.17, 15) is 14.4 Å². The Kier molecular flexibility index (Phi) is 4.82. The number of ether oxygens (including phenoxy) is 1. The zero-order chi connectivity index (χ0) is 18.2. The van der Waals surface area contributed by atoms with Crippen LogP contribution in [0.25, 0.3) is 0 Å². The number of rotatable bonds is 6. The van der Waals surface area contributed by atoms with Gasteiger partial charge in [-0.2, -0.15) is 0 Å². The van der Waals surface area contributed by atoms with Gasteiger partial charge in [-0.25, -0.2) is 0 Å². The summed E-state index contributed by atoms with van der Waals surface area (Å²) in [5.74, 6) is 0.539. The second-order valence-electron chi connectivity index (χ2n) is 8.35. The summed E-state index contributed by atoms with van der Waals surface area (Å²) >= 11 is 0. The number of nitrogens with zero attached hydrogens (tertiary/aromatic N) is 1. The van der Waals surface area contributed by atoms with Crippen LogP contribution in [0.1, 0.15) is 59.3 Å². The van der Waals surface area contributed by atoms with E-state index in [4.69, 9.17) is 4.74 Å². The fourth-order valence-electron chi connectivity index (χ4n) is 5.97. The molecule has 0 aliphatic heterocycles. The largest absolute Gasteiger partial charge is 0.455 e. The van der Waals surface area contributed by atoms with Gasteiger partial charge in [0.15, 0.2) is 6.61 Å². The molecule has 0 spiro atoms. The van der Waals surface area contributed by atoms with Gasteiger partial charge in [-0.3, -0.25) is 14.4 Å². The predicted octanol–water partition coefficient (Wildman–Crippen LogP) is 1.87. The molecule has 2 atom stereocenters. The molecule has 4 fully saturated rings. The van der Waals surface area contributed by atoms with Crippen LogP contribution in [0.3, 0.4) is 0 Å². The third-order valence-electron chi connectivity index (χ3n) is 6.38. The lowest BCUT2D eigenvalue weighted by Crippen LogP contribution is -2.64. The first kappa shape index (κ1) is 18.2. The highest BCUT2D eigenvalue weighted by Crippen LogP contribution is 2.62. The molecular weight excluding hydrogens is 320 g/mol. The Labute approximate surface area is 149 Å². The van der Waals surface area contributed by atoms with Crippen LogP contribution in [0.15, 0.2) is 0 Å². The molecule has 4 rings (SSSR count). The SMILES string of the molecule is CCN(CC)C(=O)COC(=O)C12C[C@H]3C[C@@H](CC(NC(C)=O)(C3)C1)C2. The summed E-state index contributed by atoms with van der Waals surface area (Å²) in [6.07, 6.45) is 5.42. The number of likely N-dealkylation sites (N-methyl/N-ethyl adjacent to an activating group) is 1. The molecule has 140 valence electrons. The minimum Gasteiger partial charge on any atom is -0.455 e. The van der Waals surface area contributed by atoms with Crippen LogP contribution in [0, 0.1) is 17.3 Å². The Morgan fingerprint density at radius 1 is 1.08 bits per heavy atom. The number of hydrogen-bond acceptors (Lipinski definition) is 4. The Morgan fingerprint density at radius 3 is 2.20 bits per heavy atom. The minimum absolute atomic E-state index is 0.0258. The summed E-state index contributed by atoms with van der Waals surface area (Å²) in [6, 6.07) is 0. The lowest BCUT2D eigenvalue weighted by Gasteiger charge is -2.60. The minimum atomic E-state index is -0.518. The first-order valence-electron chi connectivity index (χ1n) is 9.55. The van der Waals surface area contributed by atoms with Crippen LogP contribution in [0.5, 0.6) is 0 Å². The fourth-order valence-corrected chi connectivity index (χ4v) is 5.97. The summed E-state index contributed by atoms with van der Waals surface area (Å²) in [4.78, 5) is 38.4. The van der Waals surface area contributed by atoms with Crippen LogP contribution < -0.4 is 5.32 Å². The quantitative estimate of drug-likeness (QED) is 0.742. The first-order chi connectivity index (χ1) is 11.8. The third kappa shape index (κ3) is 3.40. The van der Waals surface area contributed by atoms with E-state index in [1.54, 1.807) is 11.8 Å². The van der Waals surface area contributed by atoms with Gasteiger partial charge in [0, 0.05) is 25.6 Å². The van der Waals surface area contributed by atoms with Crippen molar-refractivity contribution in [1.29, 1.82) is 0 Å². The van der Waals surface area contributed by atoms with E-state index in [2.05, 4.69) is 5.32 Å². The topological polar surface area (TPSA) is 75.7 Å². The molecule has 6 heteroatoms. The zero-order valence-electron chi connectivity index (χ0n) is 15.6. The second-order valence-corrected chi connectivity index (χ2v) is 8.35. The number of carbonyl (C=O) groups is 3. The molecule has 0 heterocycles. The van der Waals surface area contributed by atoms with Gasteiger partial charge in [0.1, 0.15) is 0 Å². The maximum Gasteiger partial charge on any atom is 0.312 e. The third-order valence-corrected chi connectivity index (χ3v) is 6.38. The highest BCUT2D eigenvalue weighted by molar-refractivity contribution is 5.83. The number of esters is 1. The Hall–Kier alpha value is -1.59. The van der Waals surface area contributed by atoms with E-state index in [-0.39, 0.29) is 29.9 Å². The molecule has 2 amide bonds. The van der Waals surface area contributed by atoms with Crippen LogP contribution >= 0.6 is 0 Å². The Bertz CT molecular complexity index is 556. The Morgan fingerprint density at radius 2 is 1.68 bits per heavy atom. The van der Waals surface area contributed by atoms with Gasteiger partial charge in [-0.1, -0.05) is 0 Å². The van der Waals surface area contributed by atoms with E-state index >= 15 is 0 Å². The van der Waals surface area contributed by atoms with E-state index in [0.29, 0.717) is 31.3 Å². The molecule has 25 heavy (non-hydrogen) atoms. The van der Waals surface area contributed by atoms with E-state index in [0.717, 1.165) is 32.1 Å². The van der Waals surface area contributed by atoms with E-state index in [1.165, 1.54) is 0 Å². The molecule has 0 saturated heterocycles. The van der Waals surface area contributed by atoms with Crippen LogP contribution in [0.4, 0.5) is 0 Å². The summed E-state index contributed by atoms with van der Waals surface area (Å²) < 4.78 is 5.48. The summed E-state index contributed by atoms with van der Waals surface area (Å²) in [5.41, 5.74) is -0.770.